The maximum atomic E-state index is 10.8. The first kappa shape index (κ1) is 10.3. The highest BCUT2D eigenvalue weighted by molar-refractivity contribution is 5.67. The molecule has 0 heterocycles. The van der Waals surface area contributed by atoms with Gasteiger partial charge >= 0.3 is 6.09 Å². The number of hydrogen-bond donors (Lipinski definition) is 2. The van der Waals surface area contributed by atoms with E-state index in [9.17, 15) is 9.90 Å². The summed E-state index contributed by atoms with van der Waals surface area (Å²) in [5.41, 5.74) is -0.547. The largest absolute Gasteiger partial charge is 0.453 e. The van der Waals surface area contributed by atoms with Gasteiger partial charge in [-0.15, -0.1) is 0 Å². The number of rotatable bonds is 1. The van der Waals surface area contributed by atoms with Crippen molar-refractivity contribution in [1.82, 2.24) is 5.32 Å². The van der Waals surface area contributed by atoms with Gasteiger partial charge in [0.15, 0.2) is 0 Å². The topological polar surface area (TPSA) is 58.6 Å². The molecule has 4 nitrogen and oxygen atoms in total. The van der Waals surface area contributed by atoms with Crippen molar-refractivity contribution >= 4 is 6.09 Å². The lowest BCUT2D eigenvalue weighted by Crippen LogP contribution is -2.42. The predicted octanol–water partition coefficient (Wildman–Crippen LogP) is 1.04. The summed E-state index contributed by atoms with van der Waals surface area (Å²) in [4.78, 5) is 10.8. The Labute approximate surface area is 78.3 Å². The Morgan fingerprint density at radius 1 is 1.54 bits per heavy atom. The molecular weight excluding hydrogens is 170 g/mol. The molecule has 0 aromatic heterocycles. The Hall–Kier alpha value is -0.770. The number of alkyl carbamates (subject to hydrolysis) is 1. The van der Waals surface area contributed by atoms with Crippen LogP contribution in [0.2, 0.25) is 0 Å². The smallest absolute Gasteiger partial charge is 0.407 e. The van der Waals surface area contributed by atoms with Gasteiger partial charge in [-0.1, -0.05) is 0 Å². The summed E-state index contributed by atoms with van der Waals surface area (Å²) in [5, 5.41) is 12.4. The molecule has 1 amide bonds. The van der Waals surface area contributed by atoms with Crippen molar-refractivity contribution in [2.45, 2.75) is 44.2 Å². The third-order valence-corrected chi connectivity index (χ3v) is 2.57. The third-order valence-electron chi connectivity index (χ3n) is 2.57. The van der Waals surface area contributed by atoms with Gasteiger partial charge in [-0.25, -0.2) is 4.79 Å². The van der Waals surface area contributed by atoms with E-state index in [0.29, 0.717) is 0 Å². The molecule has 0 radical (unpaired) electrons. The minimum absolute atomic E-state index is 0.160. The highest BCUT2D eigenvalue weighted by Crippen LogP contribution is 2.27. The van der Waals surface area contributed by atoms with Crippen LogP contribution in [0.5, 0.6) is 0 Å². The van der Waals surface area contributed by atoms with Gasteiger partial charge in [-0.3, -0.25) is 0 Å². The summed E-state index contributed by atoms with van der Waals surface area (Å²) in [6.45, 7) is 1.83. The normalized spacial score (nSPS) is 33.9. The highest BCUT2D eigenvalue weighted by atomic mass is 16.5. The number of ether oxygens (including phenoxy) is 1. The average Bonchev–Trinajstić information content (AvgIpc) is 2.08. The van der Waals surface area contributed by atoms with E-state index >= 15 is 0 Å². The van der Waals surface area contributed by atoms with Gasteiger partial charge in [0.1, 0.15) is 0 Å². The minimum Gasteiger partial charge on any atom is -0.453 e. The summed E-state index contributed by atoms with van der Waals surface area (Å²) in [7, 11) is 1.36. The van der Waals surface area contributed by atoms with Crippen LogP contribution >= 0.6 is 0 Å². The van der Waals surface area contributed by atoms with Crippen LogP contribution in [0.3, 0.4) is 0 Å². The number of aliphatic hydroxyl groups is 1. The van der Waals surface area contributed by atoms with Gasteiger partial charge in [0, 0.05) is 6.04 Å². The molecule has 0 atom stereocenters. The molecule has 0 aliphatic heterocycles. The summed E-state index contributed by atoms with van der Waals surface area (Å²) in [6.07, 6.45) is 2.74. The van der Waals surface area contributed by atoms with Crippen LogP contribution in [-0.2, 0) is 4.74 Å². The van der Waals surface area contributed by atoms with Crippen molar-refractivity contribution in [3.05, 3.63) is 0 Å². The molecule has 1 aliphatic carbocycles. The fraction of sp³-hybridized carbons (Fsp3) is 0.889. The van der Waals surface area contributed by atoms with Crippen LogP contribution in [0.1, 0.15) is 32.6 Å². The Morgan fingerprint density at radius 3 is 2.54 bits per heavy atom. The zero-order valence-electron chi connectivity index (χ0n) is 8.17. The summed E-state index contributed by atoms with van der Waals surface area (Å²) in [6, 6.07) is 0.160. The molecule has 0 unspecified atom stereocenters. The SMILES string of the molecule is COC(=O)N[C@H]1CC[C@](C)(O)CC1. The van der Waals surface area contributed by atoms with Crippen LogP contribution in [0.15, 0.2) is 0 Å². The first-order valence-corrected chi connectivity index (χ1v) is 4.60. The van der Waals surface area contributed by atoms with E-state index in [0.717, 1.165) is 25.7 Å². The second kappa shape index (κ2) is 3.96. The van der Waals surface area contributed by atoms with Gasteiger partial charge in [-0.05, 0) is 32.6 Å². The molecule has 1 rings (SSSR count). The van der Waals surface area contributed by atoms with Crippen molar-refractivity contribution in [2.24, 2.45) is 0 Å². The van der Waals surface area contributed by atoms with Crippen molar-refractivity contribution in [3.63, 3.8) is 0 Å². The van der Waals surface area contributed by atoms with E-state index in [1.54, 1.807) is 0 Å². The van der Waals surface area contributed by atoms with Crippen molar-refractivity contribution in [2.75, 3.05) is 7.11 Å². The number of amides is 1. The number of carbonyl (C=O) groups excluding carboxylic acids is 1. The summed E-state index contributed by atoms with van der Waals surface area (Å²) < 4.78 is 4.49. The predicted molar refractivity (Wildman–Crippen MR) is 48.4 cm³/mol. The van der Waals surface area contributed by atoms with Crippen LogP contribution in [0, 0.1) is 0 Å². The second-order valence-corrected chi connectivity index (χ2v) is 3.91. The monoisotopic (exact) mass is 187 g/mol. The van der Waals surface area contributed by atoms with Gasteiger partial charge in [0.05, 0.1) is 12.7 Å². The van der Waals surface area contributed by atoms with Gasteiger partial charge in [0.2, 0.25) is 0 Å². The van der Waals surface area contributed by atoms with Gasteiger partial charge < -0.3 is 15.2 Å². The first-order chi connectivity index (χ1) is 6.03. The maximum absolute atomic E-state index is 10.8. The number of nitrogens with one attached hydrogen (secondary N) is 1. The van der Waals surface area contributed by atoms with Crippen molar-refractivity contribution in [3.8, 4) is 0 Å². The van der Waals surface area contributed by atoms with Crippen LogP contribution in [0.25, 0.3) is 0 Å². The van der Waals surface area contributed by atoms with Crippen LogP contribution in [0.4, 0.5) is 4.79 Å². The standard InChI is InChI=1S/C9H17NO3/c1-9(12)5-3-7(4-6-9)10-8(11)13-2/h7,12H,3-6H2,1-2H3,(H,10,11)/t7-,9-. The number of methoxy groups -OCH3 is 1. The van der Waals surface area contributed by atoms with Gasteiger partial charge in [0.25, 0.3) is 0 Å². The lowest BCUT2D eigenvalue weighted by molar-refractivity contribution is 0.0141. The number of carbonyl (C=O) groups is 1. The average molecular weight is 187 g/mol. The zero-order valence-corrected chi connectivity index (χ0v) is 8.17. The fourth-order valence-corrected chi connectivity index (χ4v) is 1.61. The molecule has 0 aromatic rings. The van der Waals surface area contributed by atoms with Crippen LogP contribution in [-0.4, -0.2) is 30.0 Å². The Bertz CT molecular complexity index is 181. The minimum atomic E-state index is -0.547. The van der Waals surface area contributed by atoms with E-state index in [1.807, 2.05) is 6.92 Å². The van der Waals surface area contributed by atoms with E-state index in [1.165, 1.54) is 7.11 Å². The fourth-order valence-electron chi connectivity index (χ4n) is 1.61. The molecule has 0 saturated heterocycles. The van der Waals surface area contributed by atoms with E-state index in [2.05, 4.69) is 10.1 Å². The molecule has 0 aromatic carbocycles. The molecule has 4 heteroatoms. The van der Waals surface area contributed by atoms with Crippen LogP contribution < -0.4 is 5.32 Å². The maximum Gasteiger partial charge on any atom is 0.407 e. The first-order valence-electron chi connectivity index (χ1n) is 4.60. The van der Waals surface area contributed by atoms with Crippen molar-refractivity contribution < 1.29 is 14.6 Å². The second-order valence-electron chi connectivity index (χ2n) is 3.91. The lowest BCUT2D eigenvalue weighted by Gasteiger charge is -2.32. The molecule has 1 saturated carbocycles. The number of hydrogen-bond acceptors (Lipinski definition) is 3. The molecule has 13 heavy (non-hydrogen) atoms. The Morgan fingerprint density at radius 2 is 2.08 bits per heavy atom. The Balaban J connectivity index is 2.29. The lowest BCUT2D eigenvalue weighted by atomic mass is 9.84. The van der Waals surface area contributed by atoms with E-state index in [4.69, 9.17) is 0 Å². The van der Waals surface area contributed by atoms with E-state index in [-0.39, 0.29) is 12.1 Å². The molecule has 76 valence electrons. The molecule has 0 bridgehead atoms. The van der Waals surface area contributed by atoms with Gasteiger partial charge in [-0.2, -0.15) is 0 Å². The third kappa shape index (κ3) is 3.22. The molecular formula is C9H17NO3. The molecule has 1 aliphatic rings. The van der Waals surface area contributed by atoms with E-state index < -0.39 is 5.60 Å². The summed E-state index contributed by atoms with van der Waals surface area (Å²) >= 11 is 0. The quantitative estimate of drug-likeness (QED) is 0.644. The zero-order chi connectivity index (χ0) is 9.90. The highest BCUT2D eigenvalue weighted by Gasteiger charge is 2.29. The molecule has 0 spiro atoms. The Kier molecular flexibility index (Phi) is 3.14. The molecule has 1 fully saturated rings. The summed E-state index contributed by atoms with van der Waals surface area (Å²) in [5.74, 6) is 0. The molecule has 2 N–H and O–H groups in total. The van der Waals surface area contributed by atoms with Crippen molar-refractivity contribution in [1.29, 1.82) is 0 Å².